The first-order valence-corrected chi connectivity index (χ1v) is 8.05. The molecule has 21 heavy (non-hydrogen) atoms. The molecule has 0 bridgehead atoms. The van der Waals surface area contributed by atoms with E-state index in [1.165, 1.54) is 18.5 Å². The van der Waals surface area contributed by atoms with Crippen molar-refractivity contribution in [1.29, 1.82) is 0 Å². The molecule has 0 aliphatic carbocycles. The Hall–Kier alpha value is -0.995. The molecule has 1 saturated heterocycles. The summed E-state index contributed by atoms with van der Waals surface area (Å²) in [6.07, 6.45) is 4.50. The predicted octanol–water partition coefficient (Wildman–Crippen LogP) is 4.36. The summed E-state index contributed by atoms with van der Waals surface area (Å²) >= 11 is 0. The van der Waals surface area contributed by atoms with Gasteiger partial charge in [-0.2, -0.15) is 0 Å². The second kappa shape index (κ2) is 6.84. The minimum absolute atomic E-state index is 0.0444. The van der Waals surface area contributed by atoms with Crippen molar-refractivity contribution in [3.8, 4) is 0 Å². The van der Waals surface area contributed by atoms with Crippen molar-refractivity contribution in [2.75, 3.05) is 11.9 Å². The van der Waals surface area contributed by atoms with Gasteiger partial charge in [0, 0.05) is 12.2 Å². The fourth-order valence-corrected chi connectivity index (χ4v) is 2.48. The van der Waals surface area contributed by atoms with Crippen LogP contribution in [0, 0.1) is 0 Å². The first-order valence-electron chi connectivity index (χ1n) is 8.05. The first kappa shape index (κ1) is 16.4. The molecular formula is C17H28BNO2. The van der Waals surface area contributed by atoms with E-state index in [0.29, 0.717) is 0 Å². The molecule has 1 heterocycles. The fourth-order valence-electron chi connectivity index (χ4n) is 2.48. The molecular weight excluding hydrogens is 261 g/mol. The lowest BCUT2D eigenvalue weighted by Crippen LogP contribution is -2.41. The van der Waals surface area contributed by atoms with Crippen molar-refractivity contribution in [2.24, 2.45) is 0 Å². The molecule has 0 atom stereocenters. The summed E-state index contributed by atoms with van der Waals surface area (Å²) in [6, 6.07) is 10.4. The van der Waals surface area contributed by atoms with E-state index >= 15 is 0 Å². The van der Waals surface area contributed by atoms with Gasteiger partial charge in [0.05, 0.1) is 11.2 Å². The topological polar surface area (TPSA) is 30.5 Å². The van der Waals surface area contributed by atoms with E-state index in [-0.39, 0.29) is 18.3 Å². The maximum absolute atomic E-state index is 6.00. The molecule has 0 radical (unpaired) electrons. The lowest BCUT2D eigenvalue weighted by molar-refractivity contribution is 0.00578. The van der Waals surface area contributed by atoms with Crippen LogP contribution < -0.4 is 5.32 Å². The third-order valence-electron chi connectivity index (χ3n) is 4.52. The normalized spacial score (nSPS) is 19.7. The SMILES string of the molecule is CC1(C)OB(CCCCCNc2ccccc2)OC1(C)C. The molecule has 0 saturated carbocycles. The number of benzene rings is 1. The zero-order valence-corrected chi connectivity index (χ0v) is 13.8. The van der Waals surface area contributed by atoms with E-state index < -0.39 is 0 Å². The summed E-state index contributed by atoms with van der Waals surface area (Å²) in [5, 5.41) is 3.44. The smallest absolute Gasteiger partial charge is 0.403 e. The number of hydrogen-bond acceptors (Lipinski definition) is 3. The van der Waals surface area contributed by atoms with E-state index in [4.69, 9.17) is 9.31 Å². The second-order valence-corrected chi connectivity index (χ2v) is 6.83. The zero-order valence-electron chi connectivity index (χ0n) is 13.8. The number of rotatable bonds is 7. The third-order valence-corrected chi connectivity index (χ3v) is 4.52. The van der Waals surface area contributed by atoms with Gasteiger partial charge in [0.1, 0.15) is 0 Å². The van der Waals surface area contributed by atoms with Crippen molar-refractivity contribution in [1.82, 2.24) is 0 Å². The van der Waals surface area contributed by atoms with Gasteiger partial charge in [-0.1, -0.05) is 31.0 Å². The molecule has 0 amide bonds. The molecule has 0 unspecified atom stereocenters. The zero-order chi connectivity index (χ0) is 15.3. The molecule has 1 aliphatic rings. The molecule has 0 spiro atoms. The van der Waals surface area contributed by atoms with E-state index in [2.05, 4.69) is 57.3 Å². The number of para-hydroxylation sites is 1. The van der Waals surface area contributed by atoms with Crippen LogP contribution in [0.2, 0.25) is 6.32 Å². The number of hydrogen-bond donors (Lipinski definition) is 1. The molecule has 0 aromatic heterocycles. The number of nitrogens with one attached hydrogen (secondary N) is 1. The summed E-state index contributed by atoms with van der Waals surface area (Å²) in [5.74, 6) is 0. The van der Waals surface area contributed by atoms with Crippen molar-refractivity contribution in [3.05, 3.63) is 30.3 Å². The van der Waals surface area contributed by atoms with Crippen LogP contribution in [0.5, 0.6) is 0 Å². The number of unbranched alkanes of at least 4 members (excludes halogenated alkanes) is 2. The van der Waals surface area contributed by atoms with E-state index in [9.17, 15) is 0 Å². The lowest BCUT2D eigenvalue weighted by Gasteiger charge is -2.32. The van der Waals surface area contributed by atoms with Gasteiger partial charge in [-0.25, -0.2) is 0 Å². The highest BCUT2D eigenvalue weighted by atomic mass is 16.7. The van der Waals surface area contributed by atoms with Crippen molar-refractivity contribution < 1.29 is 9.31 Å². The first-order chi connectivity index (χ1) is 9.91. The number of anilines is 1. The van der Waals surface area contributed by atoms with Crippen LogP contribution in [0.1, 0.15) is 47.0 Å². The van der Waals surface area contributed by atoms with Crippen LogP contribution in [0.3, 0.4) is 0 Å². The highest BCUT2D eigenvalue weighted by molar-refractivity contribution is 6.45. The van der Waals surface area contributed by atoms with Gasteiger partial charge in [-0.3, -0.25) is 0 Å². The second-order valence-electron chi connectivity index (χ2n) is 6.83. The maximum atomic E-state index is 6.00. The Morgan fingerprint density at radius 2 is 1.52 bits per heavy atom. The van der Waals surface area contributed by atoms with E-state index in [1.54, 1.807) is 0 Å². The van der Waals surface area contributed by atoms with Gasteiger partial charge in [0.15, 0.2) is 0 Å². The lowest BCUT2D eigenvalue weighted by atomic mass is 9.82. The van der Waals surface area contributed by atoms with Crippen molar-refractivity contribution in [2.45, 2.75) is 64.5 Å². The predicted molar refractivity (Wildman–Crippen MR) is 89.7 cm³/mol. The molecule has 1 aromatic carbocycles. The molecule has 1 aromatic rings. The van der Waals surface area contributed by atoms with Crippen LogP contribution in [0.4, 0.5) is 5.69 Å². The van der Waals surface area contributed by atoms with Gasteiger partial charge in [0.25, 0.3) is 0 Å². The monoisotopic (exact) mass is 289 g/mol. The highest BCUT2D eigenvalue weighted by Crippen LogP contribution is 2.38. The Bertz CT molecular complexity index is 418. The Kier molecular flexibility index (Phi) is 5.34. The average Bonchev–Trinajstić information content (AvgIpc) is 2.63. The minimum atomic E-state index is -0.202. The van der Waals surface area contributed by atoms with Crippen LogP contribution in [-0.4, -0.2) is 24.9 Å². The standard InChI is InChI=1S/C17H28BNO2/c1-16(2)17(3,4)21-18(20-16)13-9-6-10-14-19-15-11-7-5-8-12-15/h5,7-8,11-12,19H,6,9-10,13-14H2,1-4H3. The maximum Gasteiger partial charge on any atom is 0.457 e. The minimum Gasteiger partial charge on any atom is -0.403 e. The van der Waals surface area contributed by atoms with Gasteiger partial charge >= 0.3 is 7.12 Å². The highest BCUT2D eigenvalue weighted by Gasteiger charge is 2.50. The summed E-state index contributed by atoms with van der Waals surface area (Å²) in [5.41, 5.74) is 0.794. The quantitative estimate of drug-likeness (QED) is 0.597. The molecule has 1 aliphatic heterocycles. The summed E-state index contributed by atoms with van der Waals surface area (Å²) < 4.78 is 12.0. The Balaban J connectivity index is 1.57. The molecule has 1 fully saturated rings. The fraction of sp³-hybridized carbons (Fsp3) is 0.647. The largest absolute Gasteiger partial charge is 0.457 e. The van der Waals surface area contributed by atoms with Crippen molar-refractivity contribution in [3.63, 3.8) is 0 Å². The van der Waals surface area contributed by atoms with E-state index in [1.807, 2.05) is 6.07 Å². The van der Waals surface area contributed by atoms with Gasteiger partial charge < -0.3 is 14.6 Å². The van der Waals surface area contributed by atoms with Crippen LogP contribution in [-0.2, 0) is 9.31 Å². The van der Waals surface area contributed by atoms with Crippen LogP contribution in [0.15, 0.2) is 30.3 Å². The van der Waals surface area contributed by atoms with Gasteiger partial charge in [-0.05, 0) is 52.6 Å². The molecule has 3 nitrogen and oxygen atoms in total. The van der Waals surface area contributed by atoms with Gasteiger partial charge in [-0.15, -0.1) is 0 Å². The molecule has 116 valence electrons. The Labute approximate surface area is 129 Å². The average molecular weight is 289 g/mol. The van der Waals surface area contributed by atoms with E-state index in [0.717, 1.165) is 19.3 Å². The summed E-state index contributed by atoms with van der Waals surface area (Å²) in [4.78, 5) is 0. The van der Waals surface area contributed by atoms with Gasteiger partial charge in [0.2, 0.25) is 0 Å². The summed E-state index contributed by atoms with van der Waals surface area (Å²) in [7, 11) is -0.0444. The Morgan fingerprint density at radius 3 is 2.14 bits per heavy atom. The Morgan fingerprint density at radius 1 is 0.905 bits per heavy atom. The molecule has 2 rings (SSSR count). The van der Waals surface area contributed by atoms with Crippen LogP contribution >= 0.6 is 0 Å². The van der Waals surface area contributed by atoms with Crippen molar-refractivity contribution >= 4 is 12.8 Å². The third kappa shape index (κ3) is 4.48. The summed E-state index contributed by atoms with van der Waals surface area (Å²) in [6.45, 7) is 9.45. The molecule has 1 N–H and O–H groups in total. The van der Waals surface area contributed by atoms with Crippen LogP contribution in [0.25, 0.3) is 0 Å². The molecule has 4 heteroatoms.